The molecule has 7 heteroatoms. The number of aromatic amines is 1. The molecule has 1 aliphatic carbocycles. The van der Waals surface area contributed by atoms with Gasteiger partial charge in [0.15, 0.2) is 0 Å². The molecule has 2 aromatic rings. The van der Waals surface area contributed by atoms with E-state index < -0.39 is 11.4 Å². The third-order valence-corrected chi connectivity index (χ3v) is 7.07. The highest BCUT2D eigenvalue weighted by atomic mass is 16.5. The van der Waals surface area contributed by atoms with E-state index in [0.29, 0.717) is 24.3 Å². The van der Waals surface area contributed by atoms with E-state index in [1.165, 1.54) is 5.57 Å². The molecule has 34 heavy (non-hydrogen) atoms. The molecule has 1 aromatic heterocycles. The first-order valence-corrected chi connectivity index (χ1v) is 12.2. The maximum Gasteiger partial charge on any atom is 0.303 e. The molecular formula is C27H39N3O4. The number of aromatic nitrogens is 2. The van der Waals surface area contributed by atoms with Crippen LogP contribution in [-0.2, 0) is 16.0 Å². The van der Waals surface area contributed by atoms with Crippen LogP contribution in [0.3, 0.4) is 0 Å². The number of amides is 1. The number of nitrogens with one attached hydrogen (secondary N) is 2. The number of aliphatic carboxylic acids is 1. The molecule has 3 atom stereocenters. The van der Waals surface area contributed by atoms with Gasteiger partial charge < -0.3 is 20.1 Å². The Kier molecular flexibility index (Phi) is 8.05. The molecule has 3 unspecified atom stereocenters. The molecule has 1 aliphatic rings. The third kappa shape index (κ3) is 6.61. The lowest BCUT2D eigenvalue weighted by molar-refractivity contribution is -0.139. The number of carbonyl (C=O) groups is 2. The summed E-state index contributed by atoms with van der Waals surface area (Å²) in [6, 6.07) is 5.88. The molecular weight excluding hydrogens is 430 g/mol. The molecule has 0 saturated heterocycles. The number of allylic oxidation sites excluding steroid dienone is 1. The molecule has 0 saturated carbocycles. The monoisotopic (exact) mass is 469 g/mol. The summed E-state index contributed by atoms with van der Waals surface area (Å²) in [6.45, 7) is 10.9. The van der Waals surface area contributed by atoms with Gasteiger partial charge in [-0.15, -0.1) is 0 Å². The summed E-state index contributed by atoms with van der Waals surface area (Å²) >= 11 is 0. The van der Waals surface area contributed by atoms with E-state index in [2.05, 4.69) is 37.1 Å². The van der Waals surface area contributed by atoms with Crippen molar-refractivity contribution in [2.24, 2.45) is 29.1 Å². The summed E-state index contributed by atoms with van der Waals surface area (Å²) in [5.74, 6) is 2.43. The first-order chi connectivity index (χ1) is 16.0. The minimum absolute atomic E-state index is 0.0201. The fourth-order valence-corrected chi connectivity index (χ4v) is 5.21. The standard InChI is InChI=1S/C27H39N3O4/c1-16(2)21-10-18(11-24-29-22-8-7-20(34-6)12-23(22)30-24)17(3)9-19(21)15-28-25(31)13-27(4,5)14-26(32)33/h7-9,12,16,18-19,21H,10-11,13-15H2,1-6H3,(H,28,31)(H,29,30)(H,32,33). The van der Waals surface area contributed by atoms with Crippen LogP contribution in [0.15, 0.2) is 29.8 Å². The molecule has 1 aromatic carbocycles. The number of carbonyl (C=O) groups excluding carboxylic acids is 1. The van der Waals surface area contributed by atoms with Crippen LogP contribution < -0.4 is 10.1 Å². The minimum atomic E-state index is -0.877. The van der Waals surface area contributed by atoms with Gasteiger partial charge in [-0.2, -0.15) is 0 Å². The Bertz CT molecular complexity index is 1050. The zero-order chi connectivity index (χ0) is 25.0. The van der Waals surface area contributed by atoms with Gasteiger partial charge in [0.25, 0.3) is 0 Å². The van der Waals surface area contributed by atoms with E-state index in [9.17, 15) is 9.59 Å². The van der Waals surface area contributed by atoms with Gasteiger partial charge in [-0.1, -0.05) is 39.3 Å². The summed E-state index contributed by atoms with van der Waals surface area (Å²) in [7, 11) is 1.66. The Morgan fingerprint density at radius 1 is 1.29 bits per heavy atom. The number of rotatable bonds is 10. The lowest BCUT2D eigenvalue weighted by atomic mass is 9.69. The Morgan fingerprint density at radius 2 is 2.03 bits per heavy atom. The van der Waals surface area contributed by atoms with Crippen molar-refractivity contribution >= 4 is 22.9 Å². The lowest BCUT2D eigenvalue weighted by Crippen LogP contribution is -2.38. The van der Waals surface area contributed by atoms with Crippen LogP contribution in [0.1, 0.15) is 59.7 Å². The first-order valence-electron chi connectivity index (χ1n) is 12.2. The molecule has 0 bridgehead atoms. The van der Waals surface area contributed by atoms with Crippen molar-refractivity contribution in [3.05, 3.63) is 35.7 Å². The molecule has 7 nitrogen and oxygen atoms in total. The van der Waals surface area contributed by atoms with E-state index >= 15 is 0 Å². The fraction of sp³-hybridized carbons (Fsp3) is 0.593. The number of H-pyrrole nitrogens is 1. The van der Waals surface area contributed by atoms with Gasteiger partial charge in [-0.3, -0.25) is 9.59 Å². The van der Waals surface area contributed by atoms with Gasteiger partial charge in [-0.25, -0.2) is 4.98 Å². The maximum absolute atomic E-state index is 12.5. The van der Waals surface area contributed by atoms with E-state index in [4.69, 9.17) is 14.8 Å². The Hall–Kier alpha value is -2.83. The van der Waals surface area contributed by atoms with Gasteiger partial charge in [0.2, 0.25) is 5.91 Å². The minimum Gasteiger partial charge on any atom is -0.497 e. The summed E-state index contributed by atoms with van der Waals surface area (Å²) in [5.41, 5.74) is 2.70. The van der Waals surface area contributed by atoms with E-state index in [0.717, 1.165) is 35.4 Å². The van der Waals surface area contributed by atoms with Gasteiger partial charge in [0, 0.05) is 25.5 Å². The summed E-state index contributed by atoms with van der Waals surface area (Å²) in [6.07, 6.45) is 4.41. The van der Waals surface area contributed by atoms with E-state index in [1.807, 2.05) is 32.0 Å². The summed E-state index contributed by atoms with van der Waals surface area (Å²) in [4.78, 5) is 31.8. The van der Waals surface area contributed by atoms with Gasteiger partial charge in [0.1, 0.15) is 11.6 Å². The van der Waals surface area contributed by atoms with Crippen molar-refractivity contribution in [1.29, 1.82) is 0 Å². The number of hydrogen-bond acceptors (Lipinski definition) is 4. The first kappa shape index (κ1) is 25.8. The zero-order valence-electron chi connectivity index (χ0n) is 21.3. The highest BCUT2D eigenvalue weighted by Gasteiger charge is 2.33. The number of hydrogen-bond donors (Lipinski definition) is 3. The fourth-order valence-electron chi connectivity index (χ4n) is 5.21. The maximum atomic E-state index is 12.5. The third-order valence-electron chi connectivity index (χ3n) is 7.07. The van der Waals surface area contributed by atoms with E-state index in [1.54, 1.807) is 7.11 Å². The van der Waals surface area contributed by atoms with Crippen LogP contribution in [0.2, 0.25) is 0 Å². The molecule has 0 fully saturated rings. The number of ether oxygens (including phenoxy) is 1. The summed E-state index contributed by atoms with van der Waals surface area (Å²) in [5, 5.41) is 12.1. The Morgan fingerprint density at radius 3 is 2.68 bits per heavy atom. The number of nitrogens with zero attached hydrogens (tertiary/aromatic N) is 1. The molecule has 3 N–H and O–H groups in total. The van der Waals surface area contributed by atoms with Crippen molar-refractivity contribution in [2.45, 2.75) is 60.3 Å². The smallest absolute Gasteiger partial charge is 0.303 e. The van der Waals surface area contributed by atoms with Crippen molar-refractivity contribution < 1.29 is 19.4 Å². The highest BCUT2D eigenvalue weighted by molar-refractivity contribution is 5.78. The highest BCUT2D eigenvalue weighted by Crippen LogP contribution is 2.39. The van der Waals surface area contributed by atoms with Crippen LogP contribution in [-0.4, -0.2) is 40.6 Å². The van der Waals surface area contributed by atoms with Crippen LogP contribution in [0.5, 0.6) is 5.75 Å². The average Bonchev–Trinajstić information content (AvgIpc) is 3.13. The summed E-state index contributed by atoms with van der Waals surface area (Å²) < 4.78 is 5.32. The molecule has 1 amide bonds. The van der Waals surface area contributed by atoms with Crippen LogP contribution in [0.25, 0.3) is 11.0 Å². The lowest BCUT2D eigenvalue weighted by Gasteiger charge is -2.37. The number of carboxylic acids is 1. The van der Waals surface area contributed by atoms with Crippen molar-refractivity contribution in [1.82, 2.24) is 15.3 Å². The predicted octanol–water partition coefficient (Wildman–Crippen LogP) is 4.98. The predicted molar refractivity (Wildman–Crippen MR) is 134 cm³/mol. The van der Waals surface area contributed by atoms with Gasteiger partial charge in [0.05, 0.1) is 24.6 Å². The largest absolute Gasteiger partial charge is 0.497 e. The van der Waals surface area contributed by atoms with Crippen molar-refractivity contribution in [2.75, 3.05) is 13.7 Å². The molecule has 0 spiro atoms. The number of benzene rings is 1. The number of carboxylic acid groups (broad SMARTS) is 1. The SMILES string of the molecule is COc1ccc2nc(CC3CC(C(C)C)C(CNC(=O)CC(C)(C)CC(=O)O)C=C3C)[nH]c2c1. The molecule has 186 valence electrons. The van der Waals surface area contributed by atoms with Crippen LogP contribution >= 0.6 is 0 Å². The molecule has 3 rings (SSSR count). The second-order valence-corrected chi connectivity index (χ2v) is 10.9. The number of methoxy groups -OCH3 is 1. The van der Waals surface area contributed by atoms with E-state index in [-0.39, 0.29) is 24.7 Å². The Balaban J connectivity index is 1.66. The van der Waals surface area contributed by atoms with Crippen molar-refractivity contribution in [3.8, 4) is 5.75 Å². The quantitative estimate of drug-likeness (QED) is 0.426. The van der Waals surface area contributed by atoms with Crippen molar-refractivity contribution in [3.63, 3.8) is 0 Å². The molecule has 0 aliphatic heterocycles. The van der Waals surface area contributed by atoms with Crippen LogP contribution in [0.4, 0.5) is 0 Å². The number of fused-ring (bicyclic) bond motifs is 1. The molecule has 0 radical (unpaired) electrons. The normalized spacial score (nSPS) is 20.9. The number of imidazole rings is 1. The molecule has 1 heterocycles. The second kappa shape index (κ2) is 10.6. The van der Waals surface area contributed by atoms with Gasteiger partial charge >= 0.3 is 5.97 Å². The topological polar surface area (TPSA) is 104 Å². The van der Waals surface area contributed by atoms with Gasteiger partial charge in [-0.05, 0) is 54.6 Å². The zero-order valence-corrected chi connectivity index (χ0v) is 21.3. The Labute approximate surface area is 202 Å². The average molecular weight is 470 g/mol. The second-order valence-electron chi connectivity index (χ2n) is 10.9. The van der Waals surface area contributed by atoms with Crippen LogP contribution in [0, 0.1) is 29.1 Å².